The first-order valence-corrected chi connectivity index (χ1v) is 11.0. The summed E-state index contributed by atoms with van der Waals surface area (Å²) in [5, 5.41) is 0.682. The molecule has 0 spiro atoms. The van der Waals surface area contributed by atoms with Crippen molar-refractivity contribution in [2.75, 3.05) is 6.67 Å². The third kappa shape index (κ3) is 5.27. The number of hydrogen-bond donors (Lipinski definition) is 3. The Morgan fingerprint density at radius 2 is 1.94 bits per heavy atom. The zero-order valence-corrected chi connectivity index (χ0v) is 18.9. The third-order valence-electron chi connectivity index (χ3n) is 5.51. The molecule has 4 aromatic rings. The lowest BCUT2D eigenvalue weighted by atomic mass is 9.97. The highest BCUT2D eigenvalue weighted by Crippen LogP contribution is 2.33. The number of carbonyl (C=O) groups excluding carboxylic acids is 1. The molecule has 1 atom stereocenters. The number of fused-ring (bicyclic) bond motifs is 1. The summed E-state index contributed by atoms with van der Waals surface area (Å²) < 4.78 is 25.0. The lowest BCUT2D eigenvalue weighted by molar-refractivity contribution is -0.110. The number of nitrogens with two attached hydrogens (primary N) is 2. The minimum Gasteiger partial charge on any atom is -0.489 e. The summed E-state index contributed by atoms with van der Waals surface area (Å²) in [7, 11) is 0. The van der Waals surface area contributed by atoms with Gasteiger partial charge in [-0.05, 0) is 52.6 Å². The van der Waals surface area contributed by atoms with Gasteiger partial charge in [0.05, 0.1) is 12.3 Å². The van der Waals surface area contributed by atoms with Crippen molar-refractivity contribution in [1.82, 2.24) is 0 Å². The largest absolute Gasteiger partial charge is 0.489 e. The van der Waals surface area contributed by atoms with Crippen molar-refractivity contribution < 1.29 is 18.3 Å². The van der Waals surface area contributed by atoms with Gasteiger partial charge in [-0.2, -0.15) is 0 Å². The molecule has 0 saturated carbocycles. The van der Waals surface area contributed by atoms with E-state index in [-0.39, 0.29) is 18.1 Å². The van der Waals surface area contributed by atoms with Gasteiger partial charge in [0.25, 0.3) is 0 Å². The lowest BCUT2D eigenvalue weighted by Crippen LogP contribution is -2.11. The van der Waals surface area contributed by atoms with Crippen molar-refractivity contribution in [3.8, 4) is 16.9 Å². The average Bonchev–Trinajstić information content (AvgIpc) is 3.30. The fraction of sp³-hybridized carbons (Fsp3) is 0.192. The van der Waals surface area contributed by atoms with Crippen LogP contribution in [0.3, 0.4) is 0 Å². The van der Waals surface area contributed by atoms with E-state index in [1.54, 1.807) is 6.26 Å². The second-order valence-corrected chi connectivity index (χ2v) is 8.37. The molecule has 0 amide bonds. The quantitative estimate of drug-likeness (QED) is 0.300. The number of furan rings is 1. The van der Waals surface area contributed by atoms with E-state index in [0.29, 0.717) is 12.3 Å². The number of hydrogen-bond acceptors (Lipinski definition) is 5. The fourth-order valence-electron chi connectivity index (χ4n) is 3.80. The van der Waals surface area contributed by atoms with Crippen LogP contribution < -0.4 is 16.2 Å². The van der Waals surface area contributed by atoms with Crippen molar-refractivity contribution in [3.63, 3.8) is 0 Å². The van der Waals surface area contributed by atoms with E-state index >= 15 is 0 Å². The molecule has 1 aromatic heterocycles. The highest BCUT2D eigenvalue weighted by atomic mass is 32.1. The summed E-state index contributed by atoms with van der Waals surface area (Å²) in [6.45, 7) is 0.0139. The second-order valence-electron chi connectivity index (χ2n) is 7.87. The molecule has 0 fully saturated rings. The Morgan fingerprint density at radius 3 is 2.70 bits per heavy atom. The van der Waals surface area contributed by atoms with Crippen LogP contribution in [0.4, 0.5) is 4.39 Å². The van der Waals surface area contributed by atoms with Crippen molar-refractivity contribution in [2.24, 2.45) is 11.5 Å². The van der Waals surface area contributed by atoms with Crippen LogP contribution in [0, 0.1) is 0 Å². The predicted octanol–water partition coefficient (Wildman–Crippen LogP) is 5.11. The molecule has 170 valence electrons. The number of ether oxygens (including phenoxy) is 1. The van der Waals surface area contributed by atoms with Gasteiger partial charge in [0.15, 0.2) is 5.12 Å². The van der Waals surface area contributed by atoms with Crippen LogP contribution in [-0.2, 0) is 24.4 Å². The molecule has 3 aromatic carbocycles. The molecule has 0 bridgehead atoms. The first-order valence-electron chi connectivity index (χ1n) is 10.6. The number of carbonyl (C=O) groups is 1. The highest BCUT2D eigenvalue weighted by molar-refractivity contribution is 7.96. The fourth-order valence-corrected chi connectivity index (χ4v) is 3.97. The van der Waals surface area contributed by atoms with Crippen LogP contribution in [-0.4, -0.2) is 11.8 Å². The molecule has 33 heavy (non-hydrogen) atoms. The molecule has 1 unspecified atom stereocenters. The van der Waals surface area contributed by atoms with Crippen molar-refractivity contribution >= 4 is 28.7 Å². The third-order valence-corrected chi connectivity index (χ3v) is 5.66. The Balaban J connectivity index is 1.68. The van der Waals surface area contributed by atoms with Gasteiger partial charge >= 0.3 is 0 Å². The molecule has 4 N–H and O–H groups in total. The minimum atomic E-state index is -0.675. The summed E-state index contributed by atoms with van der Waals surface area (Å²) in [6.07, 6.45) is 1.80. The van der Waals surface area contributed by atoms with Gasteiger partial charge in [-0.3, -0.25) is 4.79 Å². The molecule has 0 aliphatic rings. The molecular weight excluding hydrogens is 439 g/mol. The molecule has 0 saturated heterocycles. The van der Waals surface area contributed by atoms with Gasteiger partial charge in [-0.1, -0.05) is 30.3 Å². The maximum Gasteiger partial charge on any atom is 0.190 e. The number of benzene rings is 3. The lowest BCUT2D eigenvalue weighted by Gasteiger charge is -2.14. The van der Waals surface area contributed by atoms with Gasteiger partial charge in [-0.25, -0.2) is 4.39 Å². The van der Waals surface area contributed by atoms with Gasteiger partial charge in [0, 0.05) is 29.5 Å². The first kappa shape index (κ1) is 23.0. The number of rotatable bonds is 9. The number of halogens is 1. The molecule has 0 aliphatic heterocycles. The Kier molecular flexibility index (Phi) is 7.13. The number of thiol groups is 1. The minimum absolute atomic E-state index is 0.164. The molecule has 0 radical (unpaired) electrons. The van der Waals surface area contributed by atoms with Crippen molar-refractivity contribution in [3.05, 3.63) is 89.2 Å². The second kappa shape index (κ2) is 10.2. The highest BCUT2D eigenvalue weighted by Gasteiger charge is 2.14. The van der Waals surface area contributed by atoms with E-state index < -0.39 is 12.7 Å². The van der Waals surface area contributed by atoms with Crippen LogP contribution >= 0.6 is 12.6 Å². The van der Waals surface area contributed by atoms with Gasteiger partial charge in [-0.15, -0.1) is 12.6 Å². The van der Waals surface area contributed by atoms with E-state index in [1.807, 2.05) is 60.7 Å². The van der Waals surface area contributed by atoms with Crippen LogP contribution in [0.1, 0.15) is 28.3 Å². The maximum absolute atomic E-state index is 13.1. The maximum atomic E-state index is 13.1. The Morgan fingerprint density at radius 1 is 1.09 bits per heavy atom. The monoisotopic (exact) mass is 464 g/mol. The van der Waals surface area contributed by atoms with Gasteiger partial charge in [0.2, 0.25) is 0 Å². The molecule has 5 nitrogen and oxygen atoms in total. The number of alkyl halides is 1. The van der Waals surface area contributed by atoms with Crippen LogP contribution in [0.5, 0.6) is 5.75 Å². The summed E-state index contributed by atoms with van der Waals surface area (Å²) in [5.41, 5.74) is 17.4. The molecule has 4 rings (SSSR count). The van der Waals surface area contributed by atoms with Crippen LogP contribution in [0.25, 0.3) is 22.1 Å². The molecule has 1 heterocycles. The normalized spacial score (nSPS) is 12.1. The molecule has 0 aliphatic carbocycles. The Labute approximate surface area is 196 Å². The molecule has 7 heteroatoms. The standard InChI is InChI=1S/C26H25FN2O3S/c27-13-23(29)19-3-1-2-18(11-19)22-9-17(8-21-6-7-31-26(21)22)15-32-24-10-16(14-28)4-5-20(24)12-25(30)33/h1-11,23H,12-15,28-29H2,(H,30,33). The topological polar surface area (TPSA) is 91.5 Å². The summed E-state index contributed by atoms with van der Waals surface area (Å²) in [6, 6.07) is 18.3. The SMILES string of the molecule is NCc1ccc(CC(=O)S)c(OCc2cc(-c3cccc(C(N)CF)c3)c3occc3c2)c1. The summed E-state index contributed by atoms with van der Waals surface area (Å²) >= 11 is 3.90. The molecular formula is C26H25FN2O3S. The van der Waals surface area contributed by atoms with Crippen molar-refractivity contribution in [1.29, 1.82) is 0 Å². The van der Waals surface area contributed by atoms with E-state index in [4.69, 9.17) is 20.6 Å². The van der Waals surface area contributed by atoms with Crippen molar-refractivity contribution in [2.45, 2.75) is 25.6 Å². The average molecular weight is 465 g/mol. The zero-order valence-electron chi connectivity index (χ0n) is 18.0. The Hall–Kier alpha value is -3.13. The van der Waals surface area contributed by atoms with Gasteiger partial charge in [0.1, 0.15) is 24.6 Å². The van der Waals surface area contributed by atoms with Gasteiger partial charge < -0.3 is 20.6 Å². The zero-order chi connectivity index (χ0) is 23.4. The van der Waals surface area contributed by atoms with Crippen LogP contribution in [0.2, 0.25) is 0 Å². The van der Waals surface area contributed by atoms with Crippen LogP contribution in [0.15, 0.2) is 71.3 Å². The summed E-state index contributed by atoms with van der Waals surface area (Å²) in [5.74, 6) is 0.602. The van der Waals surface area contributed by atoms with E-state index in [1.165, 1.54) is 0 Å². The van der Waals surface area contributed by atoms with E-state index in [2.05, 4.69) is 12.6 Å². The smallest absolute Gasteiger partial charge is 0.190 e. The summed E-state index contributed by atoms with van der Waals surface area (Å²) in [4.78, 5) is 11.6. The van der Waals surface area contributed by atoms with E-state index in [9.17, 15) is 9.18 Å². The Bertz CT molecular complexity index is 1290. The predicted molar refractivity (Wildman–Crippen MR) is 131 cm³/mol. The first-order chi connectivity index (χ1) is 16.0. The van der Waals surface area contributed by atoms with E-state index in [0.717, 1.165) is 44.3 Å².